The van der Waals surface area contributed by atoms with Gasteiger partial charge in [-0.1, -0.05) is 6.92 Å². The number of benzene rings is 1. The van der Waals surface area contributed by atoms with Gasteiger partial charge in [-0.15, -0.1) is 0 Å². The van der Waals surface area contributed by atoms with Crippen molar-refractivity contribution in [1.29, 1.82) is 0 Å². The summed E-state index contributed by atoms with van der Waals surface area (Å²) in [5.74, 6) is 2.20. The first kappa shape index (κ1) is 23.0. The number of hydrogen-bond acceptors (Lipinski definition) is 7. The summed E-state index contributed by atoms with van der Waals surface area (Å²) in [5.41, 5.74) is 8.85. The molecular weight excluding hydrogens is 416 g/mol. The Hall–Kier alpha value is -3.13. The number of nitrogens with one attached hydrogen (secondary N) is 1. The van der Waals surface area contributed by atoms with Crippen molar-refractivity contribution in [1.82, 2.24) is 14.5 Å². The fourth-order valence-corrected chi connectivity index (χ4v) is 4.01. The van der Waals surface area contributed by atoms with E-state index in [0.29, 0.717) is 12.1 Å². The highest BCUT2D eigenvalue weighted by Gasteiger charge is 2.25. The van der Waals surface area contributed by atoms with Gasteiger partial charge in [-0.25, -0.2) is 14.8 Å². The highest BCUT2D eigenvalue weighted by atomic mass is 16.5. The van der Waals surface area contributed by atoms with E-state index < -0.39 is 0 Å². The van der Waals surface area contributed by atoms with Crippen LogP contribution in [-0.4, -0.2) is 47.2 Å². The van der Waals surface area contributed by atoms with Crippen molar-refractivity contribution in [3.8, 4) is 0 Å². The fraction of sp³-hybridized carbons (Fsp3) is 0.480. The number of imidazole rings is 1. The minimum Gasteiger partial charge on any atom is -0.465 e. The lowest BCUT2D eigenvalue weighted by Crippen LogP contribution is -2.27. The Balaban J connectivity index is 1.64. The van der Waals surface area contributed by atoms with Crippen molar-refractivity contribution in [2.75, 3.05) is 37.0 Å². The van der Waals surface area contributed by atoms with Crippen LogP contribution in [0.5, 0.6) is 0 Å². The second-order valence-electron chi connectivity index (χ2n) is 8.68. The first-order valence-corrected chi connectivity index (χ1v) is 11.9. The number of unbranched alkanes of at least 4 members (excludes halogenated alkanes) is 1. The molecule has 33 heavy (non-hydrogen) atoms. The molecule has 1 fully saturated rings. The Labute approximate surface area is 195 Å². The zero-order valence-corrected chi connectivity index (χ0v) is 19.6. The number of pyridine rings is 1. The molecule has 176 valence electrons. The van der Waals surface area contributed by atoms with Crippen LogP contribution in [0.1, 0.15) is 49.4 Å². The van der Waals surface area contributed by atoms with Crippen LogP contribution in [0.4, 0.5) is 17.5 Å². The normalized spacial score (nSPS) is 13.3. The van der Waals surface area contributed by atoms with Crippen LogP contribution < -0.4 is 16.0 Å². The maximum Gasteiger partial charge on any atom is 0.337 e. The monoisotopic (exact) mass is 450 g/mol. The van der Waals surface area contributed by atoms with Gasteiger partial charge in [-0.05, 0) is 81.0 Å². The number of carbonyl (C=O) groups excluding carboxylic acids is 1. The number of nitrogens with zero attached hydrogens (tertiary/aromatic N) is 4. The molecule has 2 heterocycles. The molecule has 0 radical (unpaired) electrons. The molecular formula is C25H34N6O2. The van der Waals surface area contributed by atoms with Gasteiger partial charge in [0.25, 0.3) is 0 Å². The first-order chi connectivity index (χ1) is 16.1. The minimum absolute atomic E-state index is 0.352. The first-order valence-electron chi connectivity index (χ1n) is 11.9. The number of anilines is 3. The van der Waals surface area contributed by atoms with Gasteiger partial charge in [-0.2, -0.15) is 0 Å². The molecule has 0 amide bonds. The second-order valence-corrected chi connectivity index (χ2v) is 8.68. The van der Waals surface area contributed by atoms with Crippen LogP contribution in [-0.2, 0) is 11.3 Å². The van der Waals surface area contributed by atoms with E-state index in [1.807, 2.05) is 12.1 Å². The van der Waals surface area contributed by atoms with Crippen molar-refractivity contribution in [2.45, 2.75) is 45.6 Å². The summed E-state index contributed by atoms with van der Waals surface area (Å²) >= 11 is 0. The zero-order valence-electron chi connectivity index (χ0n) is 19.6. The molecule has 0 spiro atoms. The number of fused-ring (bicyclic) bond motifs is 1. The number of carbonyl (C=O) groups is 1. The van der Waals surface area contributed by atoms with Crippen LogP contribution in [0.15, 0.2) is 36.4 Å². The van der Waals surface area contributed by atoms with Gasteiger partial charge in [0.15, 0.2) is 5.65 Å². The number of nitrogens with two attached hydrogens (primary N) is 1. The third kappa shape index (κ3) is 5.63. The van der Waals surface area contributed by atoms with E-state index in [1.54, 1.807) is 12.1 Å². The van der Waals surface area contributed by atoms with Crippen LogP contribution in [0.3, 0.4) is 0 Å². The zero-order chi connectivity index (χ0) is 23.2. The van der Waals surface area contributed by atoms with Crippen molar-refractivity contribution < 1.29 is 9.53 Å². The average molecular weight is 451 g/mol. The van der Waals surface area contributed by atoms with E-state index in [9.17, 15) is 4.79 Å². The molecule has 1 aromatic carbocycles. The van der Waals surface area contributed by atoms with Gasteiger partial charge in [0, 0.05) is 25.3 Å². The predicted molar refractivity (Wildman–Crippen MR) is 132 cm³/mol. The highest BCUT2D eigenvalue weighted by Crippen LogP contribution is 2.32. The summed E-state index contributed by atoms with van der Waals surface area (Å²) in [6, 6.07) is 11.4. The predicted octanol–water partition coefficient (Wildman–Crippen LogP) is 4.33. The molecule has 1 saturated carbocycles. The Morgan fingerprint density at radius 2 is 1.97 bits per heavy atom. The largest absolute Gasteiger partial charge is 0.465 e. The third-order valence-electron chi connectivity index (χ3n) is 5.97. The Kier molecular flexibility index (Phi) is 7.44. The lowest BCUT2D eigenvalue weighted by Gasteiger charge is -2.23. The van der Waals surface area contributed by atoms with E-state index in [-0.39, 0.29) is 5.97 Å². The molecule has 4 rings (SSSR count). The number of aromatic nitrogens is 3. The topological polar surface area (TPSA) is 98.3 Å². The van der Waals surface area contributed by atoms with Gasteiger partial charge in [0.1, 0.15) is 11.3 Å². The van der Waals surface area contributed by atoms with E-state index in [4.69, 9.17) is 20.4 Å². The SMILES string of the molecule is CCCN(CC1CC1)c1ccc2nc(Nc3ccc(C(=O)OC)cc3)n(CCCCN)c2n1. The molecule has 0 atom stereocenters. The number of esters is 1. The maximum absolute atomic E-state index is 11.7. The van der Waals surface area contributed by atoms with Crippen LogP contribution in [0.25, 0.3) is 11.2 Å². The Morgan fingerprint density at radius 1 is 1.18 bits per heavy atom. The summed E-state index contributed by atoms with van der Waals surface area (Å²) in [6.45, 7) is 5.74. The van der Waals surface area contributed by atoms with Crippen molar-refractivity contribution in [2.24, 2.45) is 11.7 Å². The molecule has 0 unspecified atom stereocenters. The molecule has 3 aromatic rings. The van der Waals surface area contributed by atoms with Crippen molar-refractivity contribution >= 4 is 34.6 Å². The summed E-state index contributed by atoms with van der Waals surface area (Å²) in [4.78, 5) is 24.0. The number of hydrogen-bond donors (Lipinski definition) is 2. The van der Waals surface area contributed by atoms with Crippen molar-refractivity contribution in [3.05, 3.63) is 42.0 Å². The van der Waals surface area contributed by atoms with Gasteiger partial charge in [-0.3, -0.25) is 4.57 Å². The quantitative estimate of drug-likeness (QED) is 0.313. The molecule has 2 aromatic heterocycles. The van der Waals surface area contributed by atoms with Gasteiger partial charge in [0.05, 0.1) is 12.7 Å². The molecule has 1 aliphatic rings. The molecule has 0 bridgehead atoms. The second kappa shape index (κ2) is 10.7. The molecule has 1 aliphatic carbocycles. The molecule has 0 aliphatic heterocycles. The number of methoxy groups -OCH3 is 1. The van der Waals surface area contributed by atoms with Gasteiger partial charge < -0.3 is 20.7 Å². The number of ether oxygens (including phenoxy) is 1. The molecule has 8 heteroatoms. The third-order valence-corrected chi connectivity index (χ3v) is 5.97. The Morgan fingerprint density at radius 3 is 2.64 bits per heavy atom. The summed E-state index contributed by atoms with van der Waals surface area (Å²) in [6.07, 6.45) is 5.63. The Bertz CT molecular complexity index is 1070. The molecule has 8 nitrogen and oxygen atoms in total. The summed E-state index contributed by atoms with van der Waals surface area (Å²) < 4.78 is 6.93. The van der Waals surface area contributed by atoms with Crippen molar-refractivity contribution in [3.63, 3.8) is 0 Å². The smallest absolute Gasteiger partial charge is 0.337 e. The van der Waals surface area contributed by atoms with Crippen LogP contribution in [0, 0.1) is 5.92 Å². The fourth-order valence-electron chi connectivity index (χ4n) is 4.01. The number of rotatable bonds is 12. The standard InChI is InChI=1S/C25H34N6O2/c1-3-15-30(17-18-6-7-18)22-13-12-21-23(29-22)31(16-5-4-14-26)25(28-21)27-20-10-8-19(9-11-20)24(32)33-2/h8-13,18H,3-7,14-17,26H2,1-2H3,(H,27,28). The van der Waals surface area contributed by atoms with E-state index >= 15 is 0 Å². The average Bonchev–Trinajstić information content (AvgIpc) is 3.59. The van der Waals surface area contributed by atoms with Crippen LogP contribution >= 0.6 is 0 Å². The van der Waals surface area contributed by atoms with Gasteiger partial charge >= 0.3 is 5.97 Å². The van der Waals surface area contributed by atoms with E-state index in [0.717, 1.165) is 73.4 Å². The molecule has 0 saturated heterocycles. The minimum atomic E-state index is -0.352. The van der Waals surface area contributed by atoms with Gasteiger partial charge in [0.2, 0.25) is 5.95 Å². The number of aryl methyl sites for hydroxylation is 1. The highest BCUT2D eigenvalue weighted by molar-refractivity contribution is 5.89. The summed E-state index contributed by atoms with van der Waals surface area (Å²) in [5, 5.41) is 3.40. The van der Waals surface area contributed by atoms with E-state index in [2.05, 4.69) is 33.8 Å². The lowest BCUT2D eigenvalue weighted by atomic mass is 10.2. The van der Waals surface area contributed by atoms with Crippen LogP contribution in [0.2, 0.25) is 0 Å². The lowest BCUT2D eigenvalue weighted by molar-refractivity contribution is 0.0601. The molecule has 3 N–H and O–H groups in total. The maximum atomic E-state index is 11.7. The summed E-state index contributed by atoms with van der Waals surface area (Å²) in [7, 11) is 1.38. The van der Waals surface area contributed by atoms with E-state index in [1.165, 1.54) is 20.0 Å².